The van der Waals surface area contributed by atoms with Crippen LogP contribution in [0.25, 0.3) is 0 Å². The lowest BCUT2D eigenvalue weighted by Gasteiger charge is -2.17. The summed E-state index contributed by atoms with van der Waals surface area (Å²) in [6.07, 6.45) is 1.09. The number of likely N-dealkylation sites (N-methyl/N-ethyl adjacent to an activating group) is 1. The Morgan fingerprint density at radius 2 is 1.76 bits per heavy atom. The van der Waals surface area contributed by atoms with Crippen LogP contribution in [-0.4, -0.2) is 45.0 Å². The van der Waals surface area contributed by atoms with Crippen LogP contribution < -0.4 is 5.32 Å². The lowest BCUT2D eigenvalue weighted by atomic mass is 10.2. The lowest BCUT2D eigenvalue weighted by molar-refractivity contribution is -0.116. The number of carbonyl (C=O) groups excluding carboxylic acids is 2. The second-order valence-electron chi connectivity index (χ2n) is 5.52. The zero-order valence-electron chi connectivity index (χ0n) is 13.7. The topological polar surface area (TPSA) is 83.6 Å². The van der Waals surface area contributed by atoms with Crippen LogP contribution in [0.5, 0.6) is 0 Å². The van der Waals surface area contributed by atoms with Gasteiger partial charge in [0.05, 0.1) is 11.4 Å². The number of nitrogens with one attached hydrogen (secondary N) is 1. The molecule has 0 aromatic heterocycles. The van der Waals surface area contributed by atoms with E-state index in [1.807, 2.05) is 0 Å². The van der Waals surface area contributed by atoms with Crippen molar-refractivity contribution in [2.24, 2.45) is 0 Å². The molecular weight excluding hydrogens is 364 g/mol. The Kier molecular flexibility index (Phi) is 5.81. The average molecular weight is 381 g/mol. The summed E-state index contributed by atoms with van der Waals surface area (Å²) in [5.74, 6) is -0.757. The maximum atomic E-state index is 12.3. The molecule has 0 radical (unpaired) electrons. The number of rotatable bonds is 5. The van der Waals surface area contributed by atoms with Gasteiger partial charge in [-0.05, 0) is 42.5 Å². The molecule has 0 spiro atoms. The first kappa shape index (κ1) is 19.0. The molecule has 0 saturated heterocycles. The Bertz CT molecular complexity index is 895. The first-order chi connectivity index (χ1) is 11.7. The van der Waals surface area contributed by atoms with Crippen molar-refractivity contribution in [2.75, 3.05) is 25.2 Å². The first-order valence-electron chi connectivity index (χ1n) is 7.28. The molecule has 0 aliphatic rings. The maximum absolute atomic E-state index is 12.3. The van der Waals surface area contributed by atoms with Crippen molar-refractivity contribution in [1.82, 2.24) is 4.90 Å². The number of halogens is 1. The van der Waals surface area contributed by atoms with Crippen molar-refractivity contribution in [3.8, 4) is 0 Å². The van der Waals surface area contributed by atoms with E-state index in [1.54, 1.807) is 24.3 Å². The van der Waals surface area contributed by atoms with Crippen LogP contribution >= 0.6 is 11.6 Å². The van der Waals surface area contributed by atoms with Crippen LogP contribution in [0.3, 0.4) is 0 Å². The van der Waals surface area contributed by atoms with E-state index in [4.69, 9.17) is 11.6 Å². The van der Waals surface area contributed by atoms with Gasteiger partial charge in [0.25, 0.3) is 5.91 Å². The molecule has 2 amide bonds. The lowest BCUT2D eigenvalue weighted by Crippen LogP contribution is -2.34. The fourth-order valence-corrected chi connectivity index (χ4v) is 2.94. The van der Waals surface area contributed by atoms with Crippen LogP contribution in [-0.2, 0) is 14.6 Å². The molecule has 2 aromatic rings. The first-order valence-corrected chi connectivity index (χ1v) is 9.55. The molecule has 1 N–H and O–H groups in total. The number of carbonyl (C=O) groups is 2. The third-order valence-electron chi connectivity index (χ3n) is 3.37. The minimum Gasteiger partial charge on any atom is -0.332 e. The number of sulfone groups is 1. The highest BCUT2D eigenvalue weighted by atomic mass is 35.5. The van der Waals surface area contributed by atoms with Crippen LogP contribution in [0.4, 0.5) is 5.69 Å². The molecule has 0 heterocycles. The minimum atomic E-state index is -3.32. The molecule has 0 fully saturated rings. The van der Waals surface area contributed by atoms with Gasteiger partial charge in [-0.25, -0.2) is 8.42 Å². The molecule has 0 atom stereocenters. The summed E-state index contributed by atoms with van der Waals surface area (Å²) < 4.78 is 22.9. The smallest absolute Gasteiger partial charge is 0.254 e. The van der Waals surface area contributed by atoms with Gasteiger partial charge in [0.15, 0.2) is 9.84 Å². The van der Waals surface area contributed by atoms with Crippen molar-refractivity contribution in [2.45, 2.75) is 4.90 Å². The van der Waals surface area contributed by atoms with Gasteiger partial charge < -0.3 is 10.2 Å². The molecule has 0 saturated carbocycles. The van der Waals surface area contributed by atoms with E-state index in [2.05, 4.69) is 5.32 Å². The fourth-order valence-electron chi connectivity index (χ4n) is 2.12. The van der Waals surface area contributed by atoms with Crippen molar-refractivity contribution in [3.63, 3.8) is 0 Å². The average Bonchev–Trinajstić information content (AvgIpc) is 2.53. The summed E-state index contributed by atoms with van der Waals surface area (Å²) in [5, 5.41) is 3.15. The second-order valence-corrected chi connectivity index (χ2v) is 7.97. The molecule has 6 nitrogen and oxygen atoms in total. The third-order valence-corrected chi connectivity index (χ3v) is 4.73. The Morgan fingerprint density at radius 1 is 1.12 bits per heavy atom. The number of hydrogen-bond acceptors (Lipinski definition) is 4. The molecule has 0 bridgehead atoms. The Hall–Kier alpha value is -2.38. The third kappa shape index (κ3) is 5.30. The predicted molar refractivity (Wildman–Crippen MR) is 96.6 cm³/mol. The Balaban J connectivity index is 2.01. The number of hydrogen-bond donors (Lipinski definition) is 1. The van der Waals surface area contributed by atoms with E-state index < -0.39 is 9.84 Å². The molecule has 0 aliphatic heterocycles. The Labute approximate surface area is 151 Å². The molecule has 2 aromatic carbocycles. The van der Waals surface area contributed by atoms with E-state index in [9.17, 15) is 18.0 Å². The SMILES string of the molecule is CN(CC(=O)Nc1cccc(Cl)c1)C(=O)c1ccc(S(C)(=O)=O)cc1. The largest absolute Gasteiger partial charge is 0.332 e. The molecule has 2 rings (SSSR count). The van der Waals surface area contributed by atoms with Crippen LogP contribution in [0.15, 0.2) is 53.4 Å². The predicted octanol–water partition coefficient (Wildman–Crippen LogP) is 2.45. The summed E-state index contributed by atoms with van der Waals surface area (Å²) in [6, 6.07) is 12.3. The second kappa shape index (κ2) is 7.67. The zero-order chi connectivity index (χ0) is 18.6. The van der Waals surface area contributed by atoms with Gasteiger partial charge in [0.1, 0.15) is 0 Å². The van der Waals surface area contributed by atoms with Gasteiger partial charge in [-0.2, -0.15) is 0 Å². The van der Waals surface area contributed by atoms with E-state index >= 15 is 0 Å². The monoisotopic (exact) mass is 380 g/mol. The number of amides is 2. The van der Waals surface area contributed by atoms with Crippen molar-refractivity contribution in [1.29, 1.82) is 0 Å². The molecule has 25 heavy (non-hydrogen) atoms. The number of nitrogens with zero attached hydrogens (tertiary/aromatic N) is 1. The highest BCUT2D eigenvalue weighted by Gasteiger charge is 2.16. The van der Waals surface area contributed by atoms with E-state index in [0.29, 0.717) is 16.3 Å². The summed E-state index contributed by atoms with van der Waals surface area (Å²) in [6.45, 7) is -0.154. The molecular formula is C17H17ClN2O4S. The van der Waals surface area contributed by atoms with Crippen LogP contribution in [0, 0.1) is 0 Å². The normalized spacial score (nSPS) is 11.0. The zero-order valence-corrected chi connectivity index (χ0v) is 15.3. The van der Waals surface area contributed by atoms with Crippen molar-refractivity contribution in [3.05, 3.63) is 59.1 Å². The number of benzene rings is 2. The Morgan fingerprint density at radius 3 is 2.32 bits per heavy atom. The summed E-state index contributed by atoms with van der Waals surface area (Å²) >= 11 is 5.85. The van der Waals surface area contributed by atoms with Gasteiger partial charge in [-0.15, -0.1) is 0 Å². The minimum absolute atomic E-state index is 0.130. The molecule has 0 unspecified atom stereocenters. The van der Waals surface area contributed by atoms with Crippen molar-refractivity contribution < 1.29 is 18.0 Å². The van der Waals surface area contributed by atoms with Gasteiger partial charge in [-0.1, -0.05) is 17.7 Å². The maximum Gasteiger partial charge on any atom is 0.254 e. The summed E-state index contributed by atoms with van der Waals surface area (Å²) in [7, 11) is -1.83. The van der Waals surface area contributed by atoms with Crippen LogP contribution in [0.1, 0.15) is 10.4 Å². The van der Waals surface area contributed by atoms with Gasteiger partial charge in [0.2, 0.25) is 5.91 Å². The highest BCUT2D eigenvalue weighted by molar-refractivity contribution is 7.90. The van der Waals surface area contributed by atoms with Crippen LogP contribution in [0.2, 0.25) is 5.02 Å². The highest BCUT2D eigenvalue weighted by Crippen LogP contribution is 2.15. The van der Waals surface area contributed by atoms with E-state index in [-0.39, 0.29) is 23.3 Å². The van der Waals surface area contributed by atoms with Crippen molar-refractivity contribution >= 4 is 38.9 Å². The standard InChI is InChI=1S/C17H17ClN2O4S/c1-20(11-16(21)19-14-5-3-4-13(18)10-14)17(22)12-6-8-15(9-7-12)25(2,23)24/h3-10H,11H2,1-2H3,(H,19,21). The van der Waals surface area contributed by atoms with Gasteiger partial charge >= 0.3 is 0 Å². The van der Waals surface area contributed by atoms with Gasteiger partial charge in [-0.3, -0.25) is 9.59 Å². The molecule has 0 aliphatic carbocycles. The van der Waals surface area contributed by atoms with E-state index in [0.717, 1.165) is 6.26 Å². The quantitative estimate of drug-likeness (QED) is 0.863. The van der Waals surface area contributed by atoms with E-state index in [1.165, 1.54) is 36.2 Å². The molecule has 8 heteroatoms. The van der Waals surface area contributed by atoms with Gasteiger partial charge in [0, 0.05) is 29.6 Å². The number of anilines is 1. The summed E-state index contributed by atoms with van der Waals surface area (Å²) in [5.41, 5.74) is 0.835. The fraction of sp³-hybridized carbons (Fsp3) is 0.176. The summed E-state index contributed by atoms with van der Waals surface area (Å²) in [4.78, 5) is 25.7. The molecule has 132 valence electrons.